The minimum Gasteiger partial charge on any atom is -0.445 e. The summed E-state index contributed by atoms with van der Waals surface area (Å²) >= 11 is 0. The van der Waals surface area contributed by atoms with Crippen molar-refractivity contribution in [3.63, 3.8) is 0 Å². The summed E-state index contributed by atoms with van der Waals surface area (Å²) in [5.74, 6) is -0.245. The number of benzene rings is 1. The van der Waals surface area contributed by atoms with Crippen LogP contribution >= 0.6 is 0 Å². The van der Waals surface area contributed by atoms with Gasteiger partial charge in [0.05, 0.1) is 12.2 Å². The van der Waals surface area contributed by atoms with E-state index in [1.807, 2.05) is 54.9 Å². The van der Waals surface area contributed by atoms with Crippen molar-refractivity contribution in [3.05, 3.63) is 53.3 Å². The highest BCUT2D eigenvalue weighted by molar-refractivity contribution is 5.82. The molecule has 0 saturated carbocycles. The van der Waals surface area contributed by atoms with Gasteiger partial charge in [-0.25, -0.2) is 4.79 Å². The molecule has 7 heteroatoms. The summed E-state index contributed by atoms with van der Waals surface area (Å²) in [5, 5.41) is 9.55. The minimum absolute atomic E-state index is 0.104. The summed E-state index contributed by atoms with van der Waals surface area (Å²) in [6.07, 6.45) is 0.160. The van der Waals surface area contributed by atoms with Crippen LogP contribution in [0.2, 0.25) is 0 Å². The first kappa shape index (κ1) is 18.5. The fraction of sp³-hybridized carbons (Fsp3) is 0.389. The molecule has 2 N–H and O–H groups in total. The first-order chi connectivity index (χ1) is 12.0. The van der Waals surface area contributed by atoms with E-state index in [0.717, 1.165) is 29.9 Å². The van der Waals surface area contributed by atoms with Gasteiger partial charge in [0, 0.05) is 18.8 Å². The zero-order valence-electron chi connectivity index (χ0n) is 14.6. The van der Waals surface area contributed by atoms with E-state index in [1.54, 1.807) is 0 Å². The van der Waals surface area contributed by atoms with Gasteiger partial charge in [0.1, 0.15) is 6.61 Å². The third kappa shape index (κ3) is 6.66. The SMILES string of the molecule is Cc1cc(C)n(CCCNC(=O)CNC(=O)OCc2ccccc2)n1. The number of aryl methyl sites for hydroxylation is 3. The van der Waals surface area contributed by atoms with Gasteiger partial charge in [-0.15, -0.1) is 0 Å². The molecule has 2 aromatic rings. The predicted molar refractivity (Wildman–Crippen MR) is 94.0 cm³/mol. The number of rotatable bonds is 8. The maximum Gasteiger partial charge on any atom is 0.407 e. The van der Waals surface area contributed by atoms with Crippen LogP contribution in [0.25, 0.3) is 0 Å². The van der Waals surface area contributed by atoms with Gasteiger partial charge in [-0.05, 0) is 31.9 Å². The molecule has 0 bridgehead atoms. The summed E-state index contributed by atoms with van der Waals surface area (Å²) in [4.78, 5) is 23.3. The highest BCUT2D eigenvalue weighted by Crippen LogP contribution is 2.02. The van der Waals surface area contributed by atoms with Crippen LogP contribution in [0.15, 0.2) is 36.4 Å². The molecule has 0 atom stereocenters. The zero-order valence-corrected chi connectivity index (χ0v) is 14.6. The van der Waals surface area contributed by atoms with Crippen molar-refractivity contribution in [2.75, 3.05) is 13.1 Å². The van der Waals surface area contributed by atoms with Crippen molar-refractivity contribution in [3.8, 4) is 0 Å². The molecule has 0 radical (unpaired) electrons. The molecule has 2 amide bonds. The van der Waals surface area contributed by atoms with Gasteiger partial charge >= 0.3 is 6.09 Å². The Hall–Kier alpha value is -2.83. The van der Waals surface area contributed by atoms with Crippen LogP contribution in [0.5, 0.6) is 0 Å². The van der Waals surface area contributed by atoms with Crippen LogP contribution in [0.3, 0.4) is 0 Å². The lowest BCUT2D eigenvalue weighted by Gasteiger charge is -2.08. The monoisotopic (exact) mass is 344 g/mol. The molecule has 0 spiro atoms. The second kappa shape index (κ2) is 9.46. The minimum atomic E-state index is -0.610. The van der Waals surface area contributed by atoms with Crippen LogP contribution in [-0.2, 0) is 22.7 Å². The van der Waals surface area contributed by atoms with E-state index in [4.69, 9.17) is 4.74 Å². The molecule has 0 aliphatic rings. The predicted octanol–water partition coefficient (Wildman–Crippen LogP) is 1.93. The normalized spacial score (nSPS) is 10.3. The molecule has 7 nitrogen and oxygen atoms in total. The Balaban J connectivity index is 1.56. The lowest BCUT2D eigenvalue weighted by Crippen LogP contribution is -2.37. The summed E-state index contributed by atoms with van der Waals surface area (Å²) in [6.45, 7) is 5.30. The molecule has 0 aliphatic heterocycles. The van der Waals surface area contributed by atoms with Gasteiger partial charge in [-0.3, -0.25) is 9.48 Å². The highest BCUT2D eigenvalue weighted by atomic mass is 16.5. The molecule has 0 saturated heterocycles. The molecule has 1 aromatic heterocycles. The van der Waals surface area contributed by atoms with Gasteiger partial charge < -0.3 is 15.4 Å². The molecule has 0 unspecified atom stereocenters. The average molecular weight is 344 g/mol. The third-order valence-electron chi connectivity index (χ3n) is 3.58. The fourth-order valence-corrected chi connectivity index (χ4v) is 2.35. The van der Waals surface area contributed by atoms with Crippen LogP contribution < -0.4 is 10.6 Å². The summed E-state index contributed by atoms with van der Waals surface area (Å²) in [7, 11) is 0. The number of alkyl carbamates (subject to hydrolysis) is 1. The average Bonchev–Trinajstić information content (AvgIpc) is 2.93. The van der Waals surface area contributed by atoms with Gasteiger partial charge in [0.25, 0.3) is 0 Å². The van der Waals surface area contributed by atoms with Crippen molar-refractivity contribution in [2.45, 2.75) is 33.4 Å². The van der Waals surface area contributed by atoms with Crippen molar-refractivity contribution in [2.24, 2.45) is 0 Å². The number of ether oxygens (including phenoxy) is 1. The lowest BCUT2D eigenvalue weighted by atomic mass is 10.2. The zero-order chi connectivity index (χ0) is 18.1. The van der Waals surface area contributed by atoms with Gasteiger partial charge in [-0.2, -0.15) is 5.10 Å². The maximum atomic E-state index is 11.7. The molecule has 1 aromatic carbocycles. The Morgan fingerprint density at radius 1 is 1.16 bits per heavy atom. The van der Waals surface area contributed by atoms with E-state index in [1.165, 1.54) is 0 Å². The van der Waals surface area contributed by atoms with E-state index < -0.39 is 6.09 Å². The molecule has 1 heterocycles. The molecular formula is C18H24N4O3. The quantitative estimate of drug-likeness (QED) is 0.717. The maximum absolute atomic E-state index is 11.7. The number of carbonyl (C=O) groups excluding carboxylic acids is 2. The molecule has 0 aliphatic carbocycles. The Morgan fingerprint density at radius 2 is 1.92 bits per heavy atom. The third-order valence-corrected chi connectivity index (χ3v) is 3.58. The second-order valence-corrected chi connectivity index (χ2v) is 5.77. The smallest absolute Gasteiger partial charge is 0.407 e. The van der Waals surface area contributed by atoms with Crippen molar-refractivity contribution in [1.29, 1.82) is 0 Å². The number of nitrogens with zero attached hydrogens (tertiary/aromatic N) is 2. The van der Waals surface area contributed by atoms with Gasteiger partial charge in [0.15, 0.2) is 0 Å². The van der Waals surface area contributed by atoms with Crippen molar-refractivity contribution < 1.29 is 14.3 Å². The summed E-state index contributed by atoms with van der Waals surface area (Å²) in [5.41, 5.74) is 2.98. The second-order valence-electron chi connectivity index (χ2n) is 5.77. The van der Waals surface area contributed by atoms with Crippen molar-refractivity contribution >= 4 is 12.0 Å². The lowest BCUT2D eigenvalue weighted by molar-refractivity contribution is -0.120. The van der Waals surface area contributed by atoms with Crippen molar-refractivity contribution in [1.82, 2.24) is 20.4 Å². The molecule has 0 fully saturated rings. The fourth-order valence-electron chi connectivity index (χ4n) is 2.35. The van der Waals surface area contributed by atoms with E-state index in [0.29, 0.717) is 6.54 Å². The van der Waals surface area contributed by atoms with Gasteiger partial charge in [-0.1, -0.05) is 30.3 Å². The van der Waals surface area contributed by atoms with Crippen LogP contribution in [0.1, 0.15) is 23.4 Å². The number of nitrogens with one attached hydrogen (secondary N) is 2. The number of carbonyl (C=O) groups is 2. The van der Waals surface area contributed by atoms with E-state index in [9.17, 15) is 9.59 Å². The Morgan fingerprint density at radius 3 is 2.60 bits per heavy atom. The van der Waals surface area contributed by atoms with Crippen LogP contribution in [-0.4, -0.2) is 34.9 Å². The van der Waals surface area contributed by atoms with E-state index in [-0.39, 0.29) is 19.1 Å². The van der Waals surface area contributed by atoms with Crippen LogP contribution in [0.4, 0.5) is 4.79 Å². The summed E-state index contributed by atoms with van der Waals surface area (Å²) < 4.78 is 6.95. The standard InChI is InChI=1S/C18H24N4O3/c1-14-11-15(2)22(21-14)10-6-9-19-17(23)12-20-18(24)25-13-16-7-4-3-5-8-16/h3-5,7-8,11H,6,9-10,12-13H2,1-2H3,(H,19,23)(H,20,24). The largest absolute Gasteiger partial charge is 0.445 e. The summed E-state index contributed by atoms with van der Waals surface area (Å²) in [6, 6.07) is 11.4. The number of hydrogen-bond acceptors (Lipinski definition) is 4. The number of amides is 2. The highest BCUT2D eigenvalue weighted by Gasteiger charge is 2.06. The van der Waals surface area contributed by atoms with Crippen LogP contribution in [0, 0.1) is 13.8 Å². The molecule has 134 valence electrons. The number of aromatic nitrogens is 2. The Kier molecular flexibility index (Phi) is 7.00. The van der Waals surface area contributed by atoms with E-state index in [2.05, 4.69) is 15.7 Å². The molecule has 25 heavy (non-hydrogen) atoms. The first-order valence-electron chi connectivity index (χ1n) is 8.27. The number of hydrogen-bond donors (Lipinski definition) is 2. The molecule has 2 rings (SSSR count). The Labute approximate surface area is 147 Å². The molecular weight excluding hydrogens is 320 g/mol. The topological polar surface area (TPSA) is 85.2 Å². The first-order valence-corrected chi connectivity index (χ1v) is 8.27. The van der Waals surface area contributed by atoms with Gasteiger partial charge in [0.2, 0.25) is 5.91 Å². The Bertz CT molecular complexity index is 698. The van der Waals surface area contributed by atoms with E-state index >= 15 is 0 Å².